The average molecular weight is 336 g/mol. The van der Waals surface area contributed by atoms with E-state index in [4.69, 9.17) is 4.74 Å². The molecule has 84 valence electrons. The summed E-state index contributed by atoms with van der Waals surface area (Å²) in [6.45, 7) is 0.845. The van der Waals surface area contributed by atoms with Gasteiger partial charge < -0.3 is 4.74 Å². The molecule has 1 rings (SSSR count). The smallest absolute Gasteiger partial charge is 0.0462 e. The lowest BCUT2D eigenvalue weighted by molar-refractivity contribution is 0.191. The molecule has 1 atom stereocenters. The molecular formula is C12H16Br2O. The highest BCUT2D eigenvalue weighted by Gasteiger charge is 2.09. The lowest BCUT2D eigenvalue weighted by atomic mass is 9.96. The molecule has 0 aliphatic rings. The normalized spacial score (nSPS) is 12.7. The Morgan fingerprint density at radius 3 is 2.80 bits per heavy atom. The summed E-state index contributed by atoms with van der Waals surface area (Å²) in [7, 11) is 1.75. The molecule has 0 aliphatic heterocycles. The maximum Gasteiger partial charge on any atom is 0.0462 e. The average Bonchev–Trinajstić information content (AvgIpc) is 2.24. The summed E-state index contributed by atoms with van der Waals surface area (Å²) in [5.41, 5.74) is 1.39. The van der Waals surface area contributed by atoms with Crippen LogP contribution in [0.3, 0.4) is 0 Å². The van der Waals surface area contributed by atoms with E-state index in [1.54, 1.807) is 7.11 Å². The van der Waals surface area contributed by atoms with Crippen LogP contribution in [-0.2, 0) is 4.74 Å². The van der Waals surface area contributed by atoms with Crippen molar-refractivity contribution in [3.63, 3.8) is 0 Å². The molecule has 0 fully saturated rings. The lowest BCUT2D eigenvalue weighted by Crippen LogP contribution is -2.02. The Morgan fingerprint density at radius 1 is 1.40 bits per heavy atom. The largest absolute Gasteiger partial charge is 0.385 e. The number of methoxy groups -OCH3 is 1. The van der Waals surface area contributed by atoms with Gasteiger partial charge in [0.15, 0.2) is 0 Å². The molecule has 0 aliphatic carbocycles. The van der Waals surface area contributed by atoms with Gasteiger partial charge in [0.05, 0.1) is 0 Å². The van der Waals surface area contributed by atoms with E-state index in [0.717, 1.165) is 29.3 Å². The van der Waals surface area contributed by atoms with Gasteiger partial charge in [0.2, 0.25) is 0 Å². The van der Waals surface area contributed by atoms with Crippen LogP contribution in [0.25, 0.3) is 0 Å². The van der Waals surface area contributed by atoms with E-state index >= 15 is 0 Å². The van der Waals surface area contributed by atoms with Crippen LogP contribution < -0.4 is 0 Å². The highest BCUT2D eigenvalue weighted by Crippen LogP contribution is 2.25. The Balaban J connectivity index is 2.57. The van der Waals surface area contributed by atoms with Crippen molar-refractivity contribution >= 4 is 31.9 Å². The first-order chi connectivity index (χ1) is 7.27. The zero-order chi connectivity index (χ0) is 11.1. The highest BCUT2D eigenvalue weighted by molar-refractivity contribution is 9.10. The number of alkyl halides is 1. The topological polar surface area (TPSA) is 9.23 Å². The first-order valence-corrected chi connectivity index (χ1v) is 6.99. The van der Waals surface area contributed by atoms with Crippen molar-refractivity contribution in [3.05, 3.63) is 34.3 Å². The van der Waals surface area contributed by atoms with Crippen LogP contribution in [0.5, 0.6) is 0 Å². The molecule has 0 heterocycles. The van der Waals surface area contributed by atoms with Gasteiger partial charge >= 0.3 is 0 Å². The van der Waals surface area contributed by atoms with E-state index in [9.17, 15) is 0 Å². The maximum atomic E-state index is 5.07. The summed E-state index contributed by atoms with van der Waals surface area (Å²) in [6.07, 6.45) is 2.27. The molecule has 1 nitrogen and oxygen atoms in total. The summed E-state index contributed by atoms with van der Waals surface area (Å²) in [6, 6.07) is 8.53. The van der Waals surface area contributed by atoms with E-state index in [0.29, 0.717) is 5.92 Å². The van der Waals surface area contributed by atoms with Crippen molar-refractivity contribution < 1.29 is 4.74 Å². The fraction of sp³-hybridized carbons (Fsp3) is 0.500. The summed E-state index contributed by atoms with van der Waals surface area (Å²) in [4.78, 5) is 0. The minimum Gasteiger partial charge on any atom is -0.385 e. The second-order valence-electron chi connectivity index (χ2n) is 3.54. The van der Waals surface area contributed by atoms with Gasteiger partial charge in [-0.2, -0.15) is 0 Å². The lowest BCUT2D eigenvalue weighted by Gasteiger charge is -2.14. The van der Waals surface area contributed by atoms with Crippen LogP contribution in [0.2, 0.25) is 0 Å². The third kappa shape index (κ3) is 4.66. The fourth-order valence-electron chi connectivity index (χ4n) is 1.57. The van der Waals surface area contributed by atoms with Crippen molar-refractivity contribution in [3.8, 4) is 0 Å². The molecule has 3 heteroatoms. The van der Waals surface area contributed by atoms with Gasteiger partial charge in [0.25, 0.3) is 0 Å². The Labute approximate surface area is 108 Å². The number of hydrogen-bond donors (Lipinski definition) is 0. The molecule has 0 saturated heterocycles. The predicted octanol–water partition coefficient (Wildman–Crippen LogP) is 4.35. The minimum atomic E-state index is 0.581. The van der Waals surface area contributed by atoms with Gasteiger partial charge in [0, 0.05) is 23.5 Å². The molecule has 1 aromatic rings. The molecular weight excluding hydrogens is 320 g/mol. The number of hydrogen-bond acceptors (Lipinski definition) is 1. The van der Waals surface area contributed by atoms with Crippen molar-refractivity contribution in [1.82, 2.24) is 0 Å². The monoisotopic (exact) mass is 334 g/mol. The summed E-state index contributed by atoms with van der Waals surface area (Å²) < 4.78 is 6.22. The molecule has 0 spiro atoms. The van der Waals surface area contributed by atoms with E-state index in [2.05, 4.69) is 56.1 Å². The maximum absolute atomic E-state index is 5.07. The van der Waals surface area contributed by atoms with Crippen LogP contribution in [0, 0.1) is 0 Å². The summed E-state index contributed by atoms with van der Waals surface area (Å²) in [5.74, 6) is 0.581. The molecule has 15 heavy (non-hydrogen) atoms. The predicted molar refractivity (Wildman–Crippen MR) is 71.8 cm³/mol. The zero-order valence-corrected chi connectivity index (χ0v) is 12.1. The van der Waals surface area contributed by atoms with Crippen molar-refractivity contribution in [2.24, 2.45) is 0 Å². The van der Waals surface area contributed by atoms with Crippen LogP contribution in [0.1, 0.15) is 24.3 Å². The van der Waals surface area contributed by atoms with Gasteiger partial charge in [-0.25, -0.2) is 0 Å². The van der Waals surface area contributed by atoms with Gasteiger partial charge in [-0.1, -0.05) is 44.0 Å². The number of ether oxygens (including phenoxy) is 1. The number of benzene rings is 1. The van der Waals surface area contributed by atoms with E-state index < -0.39 is 0 Å². The van der Waals surface area contributed by atoms with E-state index in [1.807, 2.05) is 0 Å². The third-order valence-corrected chi connectivity index (χ3v) is 3.68. The van der Waals surface area contributed by atoms with Crippen LogP contribution >= 0.6 is 31.9 Å². The molecule has 0 amide bonds. The van der Waals surface area contributed by atoms with E-state index in [1.165, 1.54) is 5.56 Å². The first-order valence-electron chi connectivity index (χ1n) is 5.08. The van der Waals surface area contributed by atoms with Gasteiger partial charge in [-0.05, 0) is 36.5 Å². The molecule has 0 radical (unpaired) electrons. The number of halogens is 2. The van der Waals surface area contributed by atoms with Crippen molar-refractivity contribution in [1.29, 1.82) is 0 Å². The van der Waals surface area contributed by atoms with Crippen LogP contribution in [0.15, 0.2) is 28.7 Å². The number of rotatable bonds is 6. The van der Waals surface area contributed by atoms with Crippen LogP contribution in [-0.4, -0.2) is 19.0 Å². The second-order valence-corrected chi connectivity index (χ2v) is 5.10. The Morgan fingerprint density at radius 2 is 2.20 bits per heavy atom. The molecule has 0 bridgehead atoms. The van der Waals surface area contributed by atoms with E-state index in [-0.39, 0.29) is 0 Å². The highest BCUT2D eigenvalue weighted by atomic mass is 79.9. The molecule has 0 N–H and O–H groups in total. The Bertz CT molecular complexity index is 289. The van der Waals surface area contributed by atoms with Gasteiger partial charge in [0.1, 0.15) is 0 Å². The molecule has 1 aromatic carbocycles. The van der Waals surface area contributed by atoms with Crippen molar-refractivity contribution in [2.75, 3.05) is 19.0 Å². The SMILES string of the molecule is COCCCC(CBr)c1cccc(Br)c1. The fourth-order valence-corrected chi connectivity index (χ4v) is 2.68. The Kier molecular flexibility index (Phi) is 6.53. The van der Waals surface area contributed by atoms with Crippen molar-refractivity contribution in [2.45, 2.75) is 18.8 Å². The third-order valence-electron chi connectivity index (χ3n) is 2.41. The summed E-state index contributed by atoms with van der Waals surface area (Å²) >= 11 is 7.07. The summed E-state index contributed by atoms with van der Waals surface area (Å²) in [5, 5.41) is 1.01. The zero-order valence-electron chi connectivity index (χ0n) is 8.88. The second kappa shape index (κ2) is 7.42. The first kappa shape index (κ1) is 13.2. The molecule has 1 unspecified atom stereocenters. The minimum absolute atomic E-state index is 0.581. The molecule has 0 saturated carbocycles. The Hall–Kier alpha value is 0.140. The standard InChI is InChI=1S/C12H16Br2O/c1-15-7-3-5-11(9-13)10-4-2-6-12(14)8-10/h2,4,6,8,11H,3,5,7,9H2,1H3. The molecule has 0 aromatic heterocycles. The quantitative estimate of drug-likeness (QED) is 0.554. The van der Waals surface area contributed by atoms with Gasteiger partial charge in [-0.15, -0.1) is 0 Å². The van der Waals surface area contributed by atoms with Gasteiger partial charge in [-0.3, -0.25) is 0 Å². The van der Waals surface area contributed by atoms with Crippen LogP contribution in [0.4, 0.5) is 0 Å².